The molecule has 1 aliphatic rings. The standard InChI is InChI=1S/C20H22N4O2S/c21-19(25)14-27-18-6-2-1-5-17(18)23-20(26)13-24-10-7-15(8-11-24)16-4-3-9-22-12-16/h1-7,9,12H,8,10-11,13-14H2,(H2,21,25)(H,23,26). The van der Waals surface area contributed by atoms with Crippen molar-refractivity contribution in [3.8, 4) is 0 Å². The molecule has 0 spiro atoms. The third-order valence-electron chi connectivity index (χ3n) is 4.22. The predicted molar refractivity (Wildman–Crippen MR) is 108 cm³/mol. The highest BCUT2D eigenvalue weighted by atomic mass is 32.2. The molecule has 2 aromatic rings. The van der Waals surface area contributed by atoms with E-state index in [0.717, 1.165) is 30.0 Å². The van der Waals surface area contributed by atoms with Crippen LogP contribution in [0, 0.1) is 0 Å². The van der Waals surface area contributed by atoms with Crippen LogP contribution in [0.2, 0.25) is 0 Å². The zero-order valence-electron chi connectivity index (χ0n) is 14.9. The second-order valence-corrected chi connectivity index (χ2v) is 7.27. The number of para-hydroxylation sites is 1. The van der Waals surface area contributed by atoms with Gasteiger partial charge in [0.25, 0.3) is 0 Å². The number of hydrogen-bond acceptors (Lipinski definition) is 5. The van der Waals surface area contributed by atoms with Gasteiger partial charge in [0.2, 0.25) is 11.8 Å². The third-order valence-corrected chi connectivity index (χ3v) is 5.32. The van der Waals surface area contributed by atoms with Gasteiger partial charge in [-0.1, -0.05) is 24.3 Å². The maximum absolute atomic E-state index is 12.4. The van der Waals surface area contributed by atoms with Crippen molar-refractivity contribution >= 4 is 34.8 Å². The molecule has 1 aromatic heterocycles. The Morgan fingerprint density at radius 3 is 2.78 bits per heavy atom. The number of nitrogens with zero attached hydrogens (tertiary/aromatic N) is 2. The molecule has 1 aliphatic heterocycles. The molecule has 140 valence electrons. The number of amides is 2. The topological polar surface area (TPSA) is 88.3 Å². The lowest BCUT2D eigenvalue weighted by molar-refractivity contribution is -0.117. The molecular weight excluding hydrogens is 360 g/mol. The lowest BCUT2D eigenvalue weighted by Gasteiger charge is -2.26. The first kappa shape index (κ1) is 19.1. The van der Waals surface area contributed by atoms with E-state index >= 15 is 0 Å². The summed E-state index contributed by atoms with van der Waals surface area (Å²) in [5.41, 5.74) is 8.32. The van der Waals surface area contributed by atoms with Crippen LogP contribution in [0.5, 0.6) is 0 Å². The number of rotatable bonds is 7. The molecule has 0 aliphatic carbocycles. The highest BCUT2D eigenvalue weighted by Gasteiger charge is 2.16. The molecule has 1 aromatic carbocycles. The molecule has 0 fully saturated rings. The Morgan fingerprint density at radius 2 is 2.07 bits per heavy atom. The van der Waals surface area contributed by atoms with Gasteiger partial charge in [-0.05, 0) is 35.8 Å². The van der Waals surface area contributed by atoms with E-state index in [4.69, 9.17) is 5.73 Å². The van der Waals surface area contributed by atoms with Crippen molar-refractivity contribution in [2.75, 3.05) is 30.7 Å². The number of nitrogens with one attached hydrogen (secondary N) is 1. The minimum atomic E-state index is -0.384. The fourth-order valence-electron chi connectivity index (χ4n) is 2.91. The first-order valence-corrected chi connectivity index (χ1v) is 9.72. The molecule has 3 N–H and O–H groups in total. The van der Waals surface area contributed by atoms with Crippen LogP contribution in [0.25, 0.3) is 5.57 Å². The molecule has 0 saturated heterocycles. The number of pyridine rings is 1. The first-order chi connectivity index (χ1) is 13.1. The van der Waals surface area contributed by atoms with Crippen LogP contribution in [0.3, 0.4) is 0 Å². The highest BCUT2D eigenvalue weighted by Crippen LogP contribution is 2.27. The summed E-state index contributed by atoms with van der Waals surface area (Å²) in [6.07, 6.45) is 6.69. The first-order valence-electron chi connectivity index (χ1n) is 8.73. The number of nitrogens with two attached hydrogens (primary N) is 1. The zero-order chi connectivity index (χ0) is 19.1. The van der Waals surface area contributed by atoms with Crippen molar-refractivity contribution in [2.45, 2.75) is 11.3 Å². The van der Waals surface area contributed by atoms with E-state index in [1.807, 2.05) is 36.5 Å². The van der Waals surface area contributed by atoms with E-state index in [1.54, 1.807) is 6.20 Å². The normalized spacial score (nSPS) is 14.4. The summed E-state index contributed by atoms with van der Waals surface area (Å²) in [5.74, 6) is -0.271. The lowest BCUT2D eigenvalue weighted by atomic mass is 10.0. The van der Waals surface area contributed by atoms with E-state index in [2.05, 4.69) is 27.3 Å². The van der Waals surface area contributed by atoms with Crippen LogP contribution in [0.15, 0.2) is 59.8 Å². The van der Waals surface area contributed by atoms with Gasteiger partial charge in [0.1, 0.15) is 0 Å². The molecule has 0 saturated carbocycles. The Morgan fingerprint density at radius 1 is 1.22 bits per heavy atom. The fraction of sp³-hybridized carbons (Fsp3) is 0.250. The summed E-state index contributed by atoms with van der Waals surface area (Å²) in [6.45, 7) is 1.88. The Hall–Kier alpha value is -2.64. The summed E-state index contributed by atoms with van der Waals surface area (Å²) in [5, 5.41) is 2.94. The molecule has 6 nitrogen and oxygen atoms in total. The van der Waals surface area contributed by atoms with Gasteiger partial charge in [-0.15, -0.1) is 11.8 Å². The summed E-state index contributed by atoms with van der Waals surface area (Å²) in [7, 11) is 0. The zero-order valence-corrected chi connectivity index (χ0v) is 15.7. The largest absolute Gasteiger partial charge is 0.369 e. The van der Waals surface area contributed by atoms with Crippen LogP contribution < -0.4 is 11.1 Å². The number of carbonyl (C=O) groups is 2. The van der Waals surface area contributed by atoms with Crippen LogP contribution in [0.1, 0.15) is 12.0 Å². The highest BCUT2D eigenvalue weighted by molar-refractivity contribution is 8.00. The SMILES string of the molecule is NC(=O)CSc1ccccc1NC(=O)CN1CC=C(c2cccnc2)CC1. The van der Waals surface area contributed by atoms with E-state index in [0.29, 0.717) is 12.2 Å². The maximum atomic E-state index is 12.4. The Labute approximate surface area is 162 Å². The van der Waals surface area contributed by atoms with Crippen LogP contribution >= 0.6 is 11.8 Å². The second-order valence-electron chi connectivity index (χ2n) is 6.26. The summed E-state index contributed by atoms with van der Waals surface area (Å²) < 4.78 is 0. The molecule has 0 radical (unpaired) electrons. The summed E-state index contributed by atoms with van der Waals surface area (Å²) in [6, 6.07) is 11.4. The van der Waals surface area contributed by atoms with Gasteiger partial charge in [0.15, 0.2) is 0 Å². The average Bonchev–Trinajstić information content (AvgIpc) is 2.68. The van der Waals surface area contributed by atoms with Gasteiger partial charge in [0, 0.05) is 30.4 Å². The fourth-order valence-corrected chi connectivity index (χ4v) is 3.65. The molecule has 2 heterocycles. The Kier molecular flexibility index (Phi) is 6.62. The van der Waals surface area contributed by atoms with Gasteiger partial charge < -0.3 is 11.1 Å². The smallest absolute Gasteiger partial charge is 0.238 e. The van der Waals surface area contributed by atoms with Crippen LogP contribution in [-0.4, -0.2) is 47.1 Å². The number of aromatic nitrogens is 1. The molecular formula is C20H22N4O2S. The number of anilines is 1. The minimum Gasteiger partial charge on any atom is -0.369 e. The number of benzene rings is 1. The second kappa shape index (κ2) is 9.34. The van der Waals surface area contributed by atoms with Gasteiger partial charge in [-0.3, -0.25) is 19.5 Å². The van der Waals surface area contributed by atoms with E-state index in [-0.39, 0.29) is 17.6 Å². The number of hydrogen-bond donors (Lipinski definition) is 2. The third kappa shape index (κ3) is 5.67. The van der Waals surface area contributed by atoms with Crippen LogP contribution in [0.4, 0.5) is 5.69 Å². The molecule has 0 bridgehead atoms. The number of primary amides is 1. The molecule has 0 unspecified atom stereocenters. The molecule has 27 heavy (non-hydrogen) atoms. The lowest BCUT2D eigenvalue weighted by Crippen LogP contribution is -2.36. The van der Waals surface area contributed by atoms with Crippen molar-refractivity contribution in [3.63, 3.8) is 0 Å². The van der Waals surface area contributed by atoms with Crippen molar-refractivity contribution in [1.82, 2.24) is 9.88 Å². The molecule has 3 rings (SSSR count). The molecule has 7 heteroatoms. The molecule has 0 atom stereocenters. The number of thioether (sulfide) groups is 1. The van der Waals surface area contributed by atoms with Gasteiger partial charge in [-0.2, -0.15) is 0 Å². The van der Waals surface area contributed by atoms with Crippen molar-refractivity contribution in [2.24, 2.45) is 5.73 Å². The van der Waals surface area contributed by atoms with Gasteiger partial charge in [0.05, 0.1) is 18.0 Å². The van der Waals surface area contributed by atoms with Crippen molar-refractivity contribution < 1.29 is 9.59 Å². The van der Waals surface area contributed by atoms with Crippen molar-refractivity contribution in [1.29, 1.82) is 0 Å². The van der Waals surface area contributed by atoms with E-state index < -0.39 is 0 Å². The monoisotopic (exact) mass is 382 g/mol. The van der Waals surface area contributed by atoms with Crippen LogP contribution in [-0.2, 0) is 9.59 Å². The predicted octanol–water partition coefficient (Wildman–Crippen LogP) is 2.39. The van der Waals surface area contributed by atoms with Gasteiger partial charge >= 0.3 is 0 Å². The van der Waals surface area contributed by atoms with Crippen molar-refractivity contribution in [3.05, 3.63) is 60.4 Å². The Balaban J connectivity index is 1.55. The molecule has 2 amide bonds. The summed E-state index contributed by atoms with van der Waals surface area (Å²) >= 11 is 1.32. The quantitative estimate of drug-likeness (QED) is 0.718. The van der Waals surface area contributed by atoms with Gasteiger partial charge in [-0.25, -0.2) is 0 Å². The van der Waals surface area contributed by atoms with E-state index in [1.165, 1.54) is 17.3 Å². The number of carbonyl (C=O) groups excluding carboxylic acids is 2. The minimum absolute atomic E-state index is 0.0691. The maximum Gasteiger partial charge on any atom is 0.238 e. The van der Waals surface area contributed by atoms with E-state index in [9.17, 15) is 9.59 Å². The average molecular weight is 382 g/mol. The summed E-state index contributed by atoms with van der Waals surface area (Å²) in [4.78, 5) is 30.5. The Bertz CT molecular complexity index is 839.